The number of rotatable bonds is 5. The molecule has 2 fully saturated rings. The van der Waals surface area contributed by atoms with Crippen molar-refractivity contribution in [3.63, 3.8) is 0 Å². The number of ether oxygens (including phenoxy) is 4. The van der Waals surface area contributed by atoms with Crippen LogP contribution in [0.5, 0.6) is 5.75 Å². The number of nitrogens with zero attached hydrogens (tertiary/aromatic N) is 1. The Morgan fingerprint density at radius 1 is 1.14 bits per heavy atom. The van der Waals surface area contributed by atoms with Crippen molar-refractivity contribution >= 4 is 5.69 Å². The standard InChI is InChI=1S/C16H24N2O4/c17-14-12-13(16-21-7-1-8-22-16)2-3-15(14)20-11-6-18-4-9-19-10-5-18/h2-3,12,16H,1,4-11,17H2. The molecular weight excluding hydrogens is 284 g/mol. The molecule has 0 saturated carbocycles. The molecule has 0 amide bonds. The van der Waals surface area contributed by atoms with Crippen LogP contribution in [0.15, 0.2) is 18.2 Å². The fourth-order valence-corrected chi connectivity index (χ4v) is 2.63. The number of morpholine rings is 1. The minimum atomic E-state index is -0.307. The molecule has 0 aromatic heterocycles. The van der Waals surface area contributed by atoms with Crippen LogP contribution in [0.3, 0.4) is 0 Å². The summed E-state index contributed by atoms with van der Waals surface area (Å²) in [5, 5.41) is 0. The first-order valence-electron chi connectivity index (χ1n) is 7.88. The lowest BCUT2D eigenvalue weighted by Gasteiger charge is -2.26. The summed E-state index contributed by atoms with van der Waals surface area (Å²) in [6.45, 7) is 6.50. The van der Waals surface area contributed by atoms with E-state index in [0.717, 1.165) is 58.0 Å². The Kier molecular flexibility index (Phi) is 5.50. The lowest BCUT2D eigenvalue weighted by atomic mass is 10.1. The van der Waals surface area contributed by atoms with Gasteiger partial charge in [-0.25, -0.2) is 0 Å². The van der Waals surface area contributed by atoms with Crippen LogP contribution in [0.4, 0.5) is 5.69 Å². The van der Waals surface area contributed by atoms with Gasteiger partial charge in [0.1, 0.15) is 12.4 Å². The van der Waals surface area contributed by atoms with Crippen molar-refractivity contribution in [2.75, 3.05) is 58.4 Å². The smallest absolute Gasteiger partial charge is 0.183 e. The van der Waals surface area contributed by atoms with Gasteiger partial charge in [-0.2, -0.15) is 0 Å². The molecule has 0 unspecified atom stereocenters. The SMILES string of the molecule is Nc1cc(C2OCCCO2)ccc1OCCN1CCOCC1. The lowest BCUT2D eigenvalue weighted by molar-refractivity contribution is -0.183. The minimum absolute atomic E-state index is 0.307. The Hall–Kier alpha value is -1.34. The maximum Gasteiger partial charge on any atom is 0.183 e. The maximum atomic E-state index is 6.08. The van der Waals surface area contributed by atoms with Gasteiger partial charge in [0, 0.05) is 25.2 Å². The summed E-state index contributed by atoms with van der Waals surface area (Å²) in [6, 6.07) is 5.72. The van der Waals surface area contributed by atoms with Gasteiger partial charge in [-0.15, -0.1) is 0 Å². The Morgan fingerprint density at radius 2 is 1.91 bits per heavy atom. The Labute approximate surface area is 131 Å². The lowest BCUT2D eigenvalue weighted by Crippen LogP contribution is -2.38. The normalized spacial score (nSPS) is 20.9. The molecule has 6 heteroatoms. The average molecular weight is 308 g/mol. The van der Waals surface area contributed by atoms with Gasteiger partial charge in [-0.05, 0) is 18.6 Å². The number of hydrogen-bond acceptors (Lipinski definition) is 6. The first-order chi connectivity index (χ1) is 10.8. The van der Waals surface area contributed by atoms with E-state index in [-0.39, 0.29) is 6.29 Å². The van der Waals surface area contributed by atoms with Crippen molar-refractivity contribution in [1.82, 2.24) is 4.90 Å². The topological polar surface area (TPSA) is 66.2 Å². The summed E-state index contributed by atoms with van der Waals surface area (Å²) in [6.07, 6.45) is 0.632. The van der Waals surface area contributed by atoms with Gasteiger partial charge < -0.3 is 24.7 Å². The zero-order chi connectivity index (χ0) is 15.2. The van der Waals surface area contributed by atoms with Crippen molar-refractivity contribution in [2.45, 2.75) is 12.7 Å². The van der Waals surface area contributed by atoms with E-state index in [0.29, 0.717) is 18.0 Å². The van der Waals surface area contributed by atoms with Crippen LogP contribution in [0.1, 0.15) is 18.3 Å². The number of nitrogens with two attached hydrogens (primary N) is 1. The Bertz CT molecular complexity index is 471. The molecule has 0 bridgehead atoms. The van der Waals surface area contributed by atoms with Crippen molar-refractivity contribution in [3.05, 3.63) is 23.8 Å². The molecule has 2 aliphatic heterocycles. The van der Waals surface area contributed by atoms with Crippen LogP contribution >= 0.6 is 0 Å². The van der Waals surface area contributed by atoms with Gasteiger partial charge >= 0.3 is 0 Å². The maximum absolute atomic E-state index is 6.08. The number of nitrogen functional groups attached to an aromatic ring is 1. The molecule has 2 aliphatic rings. The summed E-state index contributed by atoms with van der Waals surface area (Å²) >= 11 is 0. The molecule has 122 valence electrons. The summed E-state index contributed by atoms with van der Waals surface area (Å²) in [7, 11) is 0. The van der Waals surface area contributed by atoms with Crippen LogP contribution in [0.2, 0.25) is 0 Å². The van der Waals surface area contributed by atoms with E-state index in [1.807, 2.05) is 18.2 Å². The number of anilines is 1. The van der Waals surface area contributed by atoms with Crippen LogP contribution in [-0.4, -0.2) is 57.6 Å². The quantitative estimate of drug-likeness (QED) is 0.830. The van der Waals surface area contributed by atoms with E-state index in [9.17, 15) is 0 Å². The molecule has 22 heavy (non-hydrogen) atoms. The van der Waals surface area contributed by atoms with E-state index in [1.54, 1.807) is 0 Å². The van der Waals surface area contributed by atoms with Crippen LogP contribution in [0, 0.1) is 0 Å². The largest absolute Gasteiger partial charge is 0.490 e. The van der Waals surface area contributed by atoms with E-state index in [4.69, 9.17) is 24.7 Å². The van der Waals surface area contributed by atoms with E-state index >= 15 is 0 Å². The zero-order valence-corrected chi connectivity index (χ0v) is 12.8. The minimum Gasteiger partial charge on any atom is -0.490 e. The third-order valence-electron chi connectivity index (χ3n) is 3.90. The zero-order valence-electron chi connectivity index (χ0n) is 12.8. The third-order valence-corrected chi connectivity index (χ3v) is 3.90. The van der Waals surface area contributed by atoms with Gasteiger partial charge in [0.25, 0.3) is 0 Å². The highest BCUT2D eigenvalue weighted by Crippen LogP contribution is 2.29. The second-order valence-electron chi connectivity index (χ2n) is 5.53. The predicted molar refractivity (Wildman–Crippen MR) is 82.9 cm³/mol. The molecule has 3 rings (SSSR count). The summed E-state index contributed by atoms with van der Waals surface area (Å²) in [5.74, 6) is 0.716. The van der Waals surface area contributed by atoms with Crippen LogP contribution in [-0.2, 0) is 14.2 Å². The van der Waals surface area contributed by atoms with Gasteiger partial charge in [0.15, 0.2) is 6.29 Å². The first-order valence-corrected chi connectivity index (χ1v) is 7.88. The molecule has 0 aliphatic carbocycles. The van der Waals surface area contributed by atoms with Gasteiger partial charge in [-0.1, -0.05) is 6.07 Å². The number of benzene rings is 1. The third kappa shape index (κ3) is 4.10. The van der Waals surface area contributed by atoms with Crippen molar-refractivity contribution in [3.8, 4) is 5.75 Å². The molecule has 2 heterocycles. The first kappa shape index (κ1) is 15.6. The second-order valence-corrected chi connectivity index (χ2v) is 5.53. The number of hydrogen-bond donors (Lipinski definition) is 1. The van der Waals surface area contributed by atoms with E-state index in [2.05, 4.69) is 4.90 Å². The summed E-state index contributed by atoms with van der Waals surface area (Å²) in [4.78, 5) is 2.33. The molecule has 6 nitrogen and oxygen atoms in total. The van der Waals surface area contributed by atoms with Crippen molar-refractivity contribution < 1.29 is 18.9 Å². The van der Waals surface area contributed by atoms with Gasteiger partial charge in [0.2, 0.25) is 0 Å². The molecule has 0 spiro atoms. The fourth-order valence-electron chi connectivity index (χ4n) is 2.63. The Morgan fingerprint density at radius 3 is 2.64 bits per heavy atom. The van der Waals surface area contributed by atoms with E-state index in [1.165, 1.54) is 0 Å². The highest BCUT2D eigenvalue weighted by atomic mass is 16.7. The van der Waals surface area contributed by atoms with Gasteiger partial charge in [-0.3, -0.25) is 4.90 Å². The molecule has 0 radical (unpaired) electrons. The molecule has 0 atom stereocenters. The van der Waals surface area contributed by atoms with Crippen LogP contribution < -0.4 is 10.5 Å². The van der Waals surface area contributed by atoms with Crippen molar-refractivity contribution in [1.29, 1.82) is 0 Å². The highest BCUT2D eigenvalue weighted by molar-refractivity contribution is 5.54. The van der Waals surface area contributed by atoms with Gasteiger partial charge in [0.05, 0.1) is 32.1 Å². The highest BCUT2D eigenvalue weighted by Gasteiger charge is 2.17. The monoisotopic (exact) mass is 308 g/mol. The summed E-state index contributed by atoms with van der Waals surface area (Å²) < 4.78 is 22.3. The Balaban J connectivity index is 1.50. The fraction of sp³-hybridized carbons (Fsp3) is 0.625. The summed E-state index contributed by atoms with van der Waals surface area (Å²) in [5.41, 5.74) is 7.64. The average Bonchev–Trinajstić information content (AvgIpc) is 2.58. The van der Waals surface area contributed by atoms with Crippen molar-refractivity contribution in [2.24, 2.45) is 0 Å². The second kappa shape index (κ2) is 7.78. The molecule has 1 aromatic rings. The van der Waals surface area contributed by atoms with Crippen LogP contribution in [0.25, 0.3) is 0 Å². The molecule has 2 saturated heterocycles. The molecular formula is C16H24N2O4. The molecule has 2 N–H and O–H groups in total. The van der Waals surface area contributed by atoms with E-state index < -0.39 is 0 Å². The predicted octanol–water partition coefficient (Wildman–Crippen LogP) is 1.42. The molecule has 1 aromatic carbocycles.